The molecule has 0 saturated heterocycles. The van der Waals surface area contributed by atoms with Crippen LogP contribution in [0.4, 0.5) is 0 Å². The Bertz CT molecular complexity index is 886. The van der Waals surface area contributed by atoms with Crippen molar-refractivity contribution in [3.05, 3.63) is 23.7 Å². The number of hydrogen-bond acceptors (Lipinski definition) is 6. The van der Waals surface area contributed by atoms with Crippen molar-refractivity contribution in [1.82, 2.24) is 0 Å². The molecule has 6 heteroatoms. The molecule has 0 aliphatic heterocycles. The van der Waals surface area contributed by atoms with Crippen LogP contribution in [-0.4, -0.2) is 30.4 Å². The van der Waals surface area contributed by atoms with Crippen molar-refractivity contribution in [3.8, 4) is 0 Å². The van der Waals surface area contributed by atoms with Crippen molar-refractivity contribution in [2.75, 3.05) is 6.61 Å². The Kier molecular flexibility index (Phi) is 4.90. The van der Waals surface area contributed by atoms with Gasteiger partial charge in [0.05, 0.1) is 12.5 Å². The van der Waals surface area contributed by atoms with Gasteiger partial charge in [-0.2, -0.15) is 0 Å². The summed E-state index contributed by atoms with van der Waals surface area (Å²) >= 11 is 0. The first kappa shape index (κ1) is 21.1. The standard InChI is InChI=1S/C24H32O6/c1-14(25)29-13-24(5)20-8-9-22(3)17-12-28-11-16(17)6-7-19(22)23(20,4)10-18(27)21(24)30-15(2)26/h11-12,19-21H,6-10,13H2,1-5H3/t19-,20+,21-,22-,23+,24+/m0/s1. The van der Waals surface area contributed by atoms with E-state index < -0.39 is 17.5 Å². The summed E-state index contributed by atoms with van der Waals surface area (Å²) in [6.45, 7) is 9.25. The minimum Gasteiger partial charge on any atom is -0.472 e. The van der Waals surface area contributed by atoms with Crippen molar-refractivity contribution in [1.29, 1.82) is 0 Å². The fourth-order valence-electron chi connectivity index (χ4n) is 7.36. The number of furan rings is 1. The quantitative estimate of drug-likeness (QED) is 0.693. The molecule has 1 aromatic rings. The molecule has 0 radical (unpaired) electrons. The predicted molar refractivity (Wildman–Crippen MR) is 109 cm³/mol. The Morgan fingerprint density at radius 1 is 1.10 bits per heavy atom. The maximum Gasteiger partial charge on any atom is 0.303 e. The van der Waals surface area contributed by atoms with Gasteiger partial charge in [-0.1, -0.05) is 20.8 Å². The van der Waals surface area contributed by atoms with E-state index in [2.05, 4.69) is 13.8 Å². The lowest BCUT2D eigenvalue weighted by Gasteiger charge is -2.64. The van der Waals surface area contributed by atoms with Gasteiger partial charge >= 0.3 is 11.9 Å². The second-order valence-corrected chi connectivity index (χ2v) is 10.3. The zero-order valence-corrected chi connectivity index (χ0v) is 18.6. The van der Waals surface area contributed by atoms with Crippen molar-refractivity contribution in [3.63, 3.8) is 0 Å². The fraction of sp³-hybridized carbons (Fsp3) is 0.708. The molecule has 1 aromatic heterocycles. The Balaban J connectivity index is 1.77. The van der Waals surface area contributed by atoms with Gasteiger partial charge < -0.3 is 13.9 Å². The summed E-state index contributed by atoms with van der Waals surface area (Å²) in [7, 11) is 0. The van der Waals surface area contributed by atoms with Gasteiger partial charge in [-0.25, -0.2) is 0 Å². The number of aryl methyl sites for hydroxylation is 1. The van der Waals surface area contributed by atoms with E-state index in [0.29, 0.717) is 12.3 Å². The summed E-state index contributed by atoms with van der Waals surface area (Å²) in [5.41, 5.74) is 1.47. The number of ketones is 1. The second kappa shape index (κ2) is 6.96. The number of esters is 2. The maximum atomic E-state index is 13.4. The van der Waals surface area contributed by atoms with Crippen LogP contribution in [0.2, 0.25) is 0 Å². The molecule has 3 aliphatic rings. The molecule has 0 amide bonds. The number of ether oxygens (including phenoxy) is 2. The Hall–Kier alpha value is -2.11. The molecule has 0 aromatic carbocycles. The van der Waals surface area contributed by atoms with Gasteiger partial charge in [-0.05, 0) is 59.5 Å². The first-order valence-electron chi connectivity index (χ1n) is 10.9. The Morgan fingerprint density at radius 2 is 1.83 bits per heavy atom. The van der Waals surface area contributed by atoms with Crippen molar-refractivity contribution >= 4 is 17.7 Å². The molecule has 0 unspecified atom stereocenters. The SMILES string of the molecule is CC(=O)OC[C@]1(C)[C@@H]2CC[C@@]3(C)c4cocc4CC[C@@H]3[C@@]2(C)CC(=O)[C@@H]1OC(C)=O. The highest BCUT2D eigenvalue weighted by Crippen LogP contribution is 2.66. The van der Waals surface area contributed by atoms with Gasteiger partial charge in [0.25, 0.3) is 0 Å². The molecular formula is C24H32O6. The minimum atomic E-state index is -0.884. The zero-order chi connectivity index (χ0) is 21.9. The monoisotopic (exact) mass is 416 g/mol. The van der Waals surface area contributed by atoms with Crippen LogP contribution < -0.4 is 0 Å². The first-order chi connectivity index (χ1) is 14.0. The molecule has 3 aliphatic carbocycles. The molecule has 164 valence electrons. The van der Waals surface area contributed by atoms with E-state index in [1.807, 2.05) is 19.5 Å². The lowest BCUT2D eigenvalue weighted by Crippen LogP contribution is -2.65. The lowest BCUT2D eigenvalue weighted by molar-refractivity contribution is -0.203. The van der Waals surface area contributed by atoms with Gasteiger partial charge in [0, 0.05) is 25.7 Å². The molecule has 1 heterocycles. The molecule has 0 spiro atoms. The number of rotatable bonds is 3. The van der Waals surface area contributed by atoms with Gasteiger partial charge in [0.1, 0.15) is 6.61 Å². The summed E-state index contributed by atoms with van der Waals surface area (Å²) in [5, 5.41) is 0. The summed E-state index contributed by atoms with van der Waals surface area (Å²) in [6.07, 6.45) is 7.00. The molecular weight excluding hydrogens is 384 g/mol. The number of carbonyl (C=O) groups is 3. The Labute approximate surface area is 177 Å². The molecule has 6 atom stereocenters. The smallest absolute Gasteiger partial charge is 0.303 e. The van der Waals surface area contributed by atoms with E-state index in [4.69, 9.17) is 13.9 Å². The molecule has 2 saturated carbocycles. The first-order valence-corrected chi connectivity index (χ1v) is 10.9. The van der Waals surface area contributed by atoms with E-state index in [1.54, 1.807) is 0 Å². The highest BCUT2D eigenvalue weighted by Gasteiger charge is 2.66. The van der Waals surface area contributed by atoms with Crippen LogP contribution in [-0.2, 0) is 35.7 Å². The highest BCUT2D eigenvalue weighted by molar-refractivity contribution is 5.88. The second-order valence-electron chi connectivity index (χ2n) is 10.3. The summed E-state index contributed by atoms with van der Waals surface area (Å²) in [5.74, 6) is -0.544. The average molecular weight is 417 g/mol. The largest absolute Gasteiger partial charge is 0.472 e. The van der Waals surface area contributed by atoms with Crippen LogP contribution in [0.1, 0.15) is 71.4 Å². The molecule has 0 N–H and O–H groups in total. The number of carbonyl (C=O) groups excluding carboxylic acids is 3. The third-order valence-corrected chi connectivity index (χ3v) is 8.49. The van der Waals surface area contributed by atoms with E-state index in [1.165, 1.54) is 25.0 Å². The molecule has 0 bridgehead atoms. The van der Waals surface area contributed by atoms with Crippen molar-refractivity contribution < 1.29 is 28.3 Å². The van der Waals surface area contributed by atoms with E-state index in [-0.39, 0.29) is 35.1 Å². The molecule has 2 fully saturated rings. The predicted octanol–water partition coefficient (Wildman–Crippen LogP) is 3.99. The summed E-state index contributed by atoms with van der Waals surface area (Å²) in [6, 6.07) is 0. The van der Waals surface area contributed by atoms with Gasteiger partial charge in [-0.3, -0.25) is 14.4 Å². The number of Topliss-reactive ketones (excluding diaryl/α,β-unsaturated/α-hetero) is 1. The lowest BCUT2D eigenvalue weighted by atomic mass is 9.40. The molecule has 30 heavy (non-hydrogen) atoms. The fourth-order valence-corrected chi connectivity index (χ4v) is 7.36. The van der Waals surface area contributed by atoms with Crippen molar-refractivity contribution in [2.45, 2.75) is 78.2 Å². The van der Waals surface area contributed by atoms with Crippen LogP contribution in [0.3, 0.4) is 0 Å². The minimum absolute atomic E-state index is 0.0529. The maximum absolute atomic E-state index is 13.4. The number of fused-ring (bicyclic) bond motifs is 5. The van der Waals surface area contributed by atoms with Crippen LogP contribution in [0, 0.1) is 22.7 Å². The van der Waals surface area contributed by atoms with E-state index in [9.17, 15) is 14.4 Å². The Morgan fingerprint density at radius 3 is 2.50 bits per heavy atom. The van der Waals surface area contributed by atoms with Crippen LogP contribution >= 0.6 is 0 Å². The molecule has 6 nitrogen and oxygen atoms in total. The number of hydrogen-bond donors (Lipinski definition) is 0. The third-order valence-electron chi connectivity index (χ3n) is 8.49. The normalized spacial score (nSPS) is 40.0. The van der Waals surface area contributed by atoms with Gasteiger partial charge in [-0.15, -0.1) is 0 Å². The van der Waals surface area contributed by atoms with Gasteiger partial charge in [0.2, 0.25) is 0 Å². The van der Waals surface area contributed by atoms with E-state index in [0.717, 1.165) is 25.7 Å². The van der Waals surface area contributed by atoms with Gasteiger partial charge in [0.15, 0.2) is 11.9 Å². The third kappa shape index (κ3) is 2.94. The van der Waals surface area contributed by atoms with E-state index >= 15 is 0 Å². The average Bonchev–Trinajstić information content (AvgIpc) is 3.13. The zero-order valence-electron chi connectivity index (χ0n) is 18.6. The summed E-state index contributed by atoms with van der Waals surface area (Å²) < 4.78 is 16.6. The van der Waals surface area contributed by atoms with Crippen molar-refractivity contribution in [2.24, 2.45) is 22.7 Å². The molecule has 4 rings (SSSR count). The van der Waals surface area contributed by atoms with Crippen LogP contribution in [0.15, 0.2) is 16.9 Å². The topological polar surface area (TPSA) is 82.8 Å². The van der Waals surface area contributed by atoms with Crippen LogP contribution in [0.5, 0.6) is 0 Å². The van der Waals surface area contributed by atoms with Crippen LogP contribution in [0.25, 0.3) is 0 Å². The summed E-state index contributed by atoms with van der Waals surface area (Å²) in [4.78, 5) is 36.8. The highest BCUT2D eigenvalue weighted by atomic mass is 16.6.